The van der Waals surface area contributed by atoms with Crippen LogP contribution in [0, 0.1) is 5.92 Å². The van der Waals surface area contributed by atoms with E-state index in [0.717, 1.165) is 16.6 Å². The molecule has 1 aliphatic rings. The maximum absolute atomic E-state index is 12.5. The summed E-state index contributed by atoms with van der Waals surface area (Å²) in [6.07, 6.45) is 1.81. The van der Waals surface area contributed by atoms with E-state index in [0.29, 0.717) is 29.8 Å². The van der Waals surface area contributed by atoms with Gasteiger partial charge in [0.1, 0.15) is 11.6 Å². The molecule has 0 bridgehead atoms. The van der Waals surface area contributed by atoms with Gasteiger partial charge >= 0.3 is 0 Å². The summed E-state index contributed by atoms with van der Waals surface area (Å²) in [5, 5.41) is 12.1. The van der Waals surface area contributed by atoms with Crippen LogP contribution in [0.3, 0.4) is 0 Å². The van der Waals surface area contributed by atoms with Crippen LogP contribution in [0.5, 0.6) is 0 Å². The molecule has 0 aliphatic carbocycles. The smallest absolute Gasteiger partial charge is 0.229 e. The third-order valence-corrected chi connectivity index (χ3v) is 5.32. The van der Waals surface area contributed by atoms with Gasteiger partial charge in [0.05, 0.1) is 23.3 Å². The van der Waals surface area contributed by atoms with Crippen LogP contribution in [-0.2, 0) is 27.5 Å². The molecule has 1 aromatic carbocycles. The number of carbonyl (C=O) groups is 2. The molecule has 1 saturated heterocycles. The lowest BCUT2D eigenvalue weighted by Gasteiger charge is -2.12. The fraction of sp³-hybridized carbons (Fsp3) is 0.353. The normalized spacial score (nSPS) is 17.0. The van der Waals surface area contributed by atoms with E-state index in [4.69, 9.17) is 4.74 Å². The zero-order valence-corrected chi connectivity index (χ0v) is 15.5. The number of aromatic nitrogens is 4. The number of hydrogen-bond donors (Lipinski definition) is 2. The van der Waals surface area contributed by atoms with E-state index in [9.17, 15) is 9.59 Å². The van der Waals surface area contributed by atoms with E-state index >= 15 is 0 Å². The van der Waals surface area contributed by atoms with Crippen molar-refractivity contribution in [2.75, 3.05) is 18.6 Å². The number of H-pyrrole nitrogens is 1. The quantitative estimate of drug-likeness (QED) is 0.659. The molecule has 27 heavy (non-hydrogen) atoms. The Morgan fingerprint density at radius 3 is 3.19 bits per heavy atom. The summed E-state index contributed by atoms with van der Waals surface area (Å²) >= 11 is 1.30. The number of carbonyl (C=O) groups excluding carboxylic acids is 2. The van der Waals surface area contributed by atoms with Gasteiger partial charge in [0.15, 0.2) is 0 Å². The Morgan fingerprint density at radius 2 is 2.33 bits per heavy atom. The SMILES string of the molecule is COCc1nnc(N2CC(C(=O)NCc3ccc4nc[nH]c4c3)CC2=O)s1. The summed E-state index contributed by atoms with van der Waals surface area (Å²) in [4.78, 5) is 33.5. The van der Waals surface area contributed by atoms with Crippen molar-refractivity contribution in [2.45, 2.75) is 19.6 Å². The molecule has 10 heteroatoms. The van der Waals surface area contributed by atoms with Crippen LogP contribution in [-0.4, -0.2) is 45.6 Å². The predicted octanol–water partition coefficient (Wildman–Crippen LogP) is 1.23. The van der Waals surface area contributed by atoms with Crippen LogP contribution in [0.4, 0.5) is 5.13 Å². The summed E-state index contributed by atoms with van der Waals surface area (Å²) in [5.41, 5.74) is 2.77. The minimum Gasteiger partial charge on any atom is -0.377 e. The number of anilines is 1. The second-order valence-electron chi connectivity index (χ2n) is 6.29. The van der Waals surface area contributed by atoms with Gasteiger partial charge in [0, 0.05) is 26.6 Å². The van der Waals surface area contributed by atoms with Crippen LogP contribution in [0.1, 0.15) is 17.0 Å². The van der Waals surface area contributed by atoms with Crippen molar-refractivity contribution < 1.29 is 14.3 Å². The molecule has 9 nitrogen and oxygen atoms in total. The van der Waals surface area contributed by atoms with Gasteiger partial charge in [-0.05, 0) is 17.7 Å². The summed E-state index contributed by atoms with van der Waals surface area (Å²) in [7, 11) is 1.58. The van der Waals surface area contributed by atoms with Crippen LogP contribution in [0.2, 0.25) is 0 Å². The zero-order chi connectivity index (χ0) is 18.8. The van der Waals surface area contributed by atoms with E-state index in [1.165, 1.54) is 16.2 Å². The topological polar surface area (TPSA) is 113 Å². The molecular formula is C17H18N6O3S. The molecule has 1 aliphatic heterocycles. The van der Waals surface area contributed by atoms with E-state index in [1.54, 1.807) is 13.4 Å². The molecule has 3 aromatic rings. The molecule has 1 unspecified atom stereocenters. The first-order valence-corrected chi connectivity index (χ1v) is 9.27. The largest absolute Gasteiger partial charge is 0.377 e. The molecule has 2 aromatic heterocycles. The number of methoxy groups -OCH3 is 1. The van der Waals surface area contributed by atoms with Gasteiger partial charge in [-0.1, -0.05) is 17.4 Å². The Kier molecular flexibility index (Phi) is 4.82. The highest BCUT2D eigenvalue weighted by Crippen LogP contribution is 2.28. The summed E-state index contributed by atoms with van der Waals surface area (Å²) in [6, 6.07) is 5.78. The average Bonchev–Trinajstić information content (AvgIpc) is 3.39. The maximum atomic E-state index is 12.5. The van der Waals surface area contributed by atoms with Crippen molar-refractivity contribution in [1.29, 1.82) is 0 Å². The van der Waals surface area contributed by atoms with E-state index < -0.39 is 5.92 Å². The van der Waals surface area contributed by atoms with Crippen molar-refractivity contribution in [2.24, 2.45) is 5.92 Å². The monoisotopic (exact) mass is 386 g/mol. The van der Waals surface area contributed by atoms with Crippen LogP contribution >= 0.6 is 11.3 Å². The number of rotatable bonds is 6. The fourth-order valence-electron chi connectivity index (χ4n) is 3.03. The molecule has 3 heterocycles. The lowest BCUT2D eigenvalue weighted by molar-refractivity contribution is -0.126. The molecular weight excluding hydrogens is 368 g/mol. The highest BCUT2D eigenvalue weighted by atomic mass is 32.1. The summed E-state index contributed by atoms with van der Waals surface area (Å²) in [6.45, 7) is 1.06. The van der Waals surface area contributed by atoms with Crippen LogP contribution in [0.15, 0.2) is 24.5 Å². The van der Waals surface area contributed by atoms with E-state index in [2.05, 4.69) is 25.5 Å². The minimum absolute atomic E-state index is 0.117. The number of nitrogens with zero attached hydrogens (tertiary/aromatic N) is 4. The fourth-order valence-corrected chi connectivity index (χ4v) is 3.87. The number of ether oxygens (including phenoxy) is 1. The third-order valence-electron chi connectivity index (χ3n) is 4.40. The number of fused-ring (bicyclic) bond motifs is 1. The molecule has 0 radical (unpaired) electrons. The van der Waals surface area contributed by atoms with Crippen molar-refractivity contribution in [3.05, 3.63) is 35.1 Å². The molecule has 0 saturated carbocycles. The number of aromatic amines is 1. The second kappa shape index (κ2) is 7.41. The molecule has 4 rings (SSSR count). The van der Waals surface area contributed by atoms with Crippen molar-refractivity contribution in [1.82, 2.24) is 25.5 Å². The van der Waals surface area contributed by atoms with E-state index in [-0.39, 0.29) is 18.2 Å². The number of benzene rings is 1. The summed E-state index contributed by atoms with van der Waals surface area (Å²) < 4.78 is 5.02. The zero-order valence-electron chi connectivity index (χ0n) is 14.6. The lowest BCUT2D eigenvalue weighted by Crippen LogP contribution is -2.32. The van der Waals surface area contributed by atoms with Gasteiger partial charge in [0.25, 0.3) is 0 Å². The first kappa shape index (κ1) is 17.6. The molecule has 140 valence electrons. The molecule has 2 amide bonds. The Bertz CT molecular complexity index is 984. The Labute approximate surface area is 158 Å². The highest BCUT2D eigenvalue weighted by Gasteiger charge is 2.36. The van der Waals surface area contributed by atoms with Gasteiger partial charge in [-0.3, -0.25) is 14.5 Å². The van der Waals surface area contributed by atoms with Crippen LogP contribution < -0.4 is 10.2 Å². The summed E-state index contributed by atoms with van der Waals surface area (Å²) in [5.74, 6) is -0.658. The number of imidazole rings is 1. The van der Waals surface area contributed by atoms with Crippen LogP contribution in [0.25, 0.3) is 11.0 Å². The van der Waals surface area contributed by atoms with Crippen molar-refractivity contribution >= 4 is 39.3 Å². The lowest BCUT2D eigenvalue weighted by atomic mass is 10.1. The number of nitrogens with one attached hydrogen (secondary N) is 2. The number of hydrogen-bond acceptors (Lipinski definition) is 7. The van der Waals surface area contributed by atoms with Crippen molar-refractivity contribution in [3.63, 3.8) is 0 Å². The number of amides is 2. The third kappa shape index (κ3) is 3.67. The van der Waals surface area contributed by atoms with Crippen molar-refractivity contribution in [3.8, 4) is 0 Å². The minimum atomic E-state index is -0.400. The Balaban J connectivity index is 1.36. The van der Waals surface area contributed by atoms with Gasteiger partial charge in [0.2, 0.25) is 16.9 Å². The molecule has 1 atom stereocenters. The first-order chi connectivity index (χ1) is 13.1. The maximum Gasteiger partial charge on any atom is 0.229 e. The molecule has 1 fully saturated rings. The Hall–Kier alpha value is -2.85. The van der Waals surface area contributed by atoms with E-state index in [1.807, 2.05) is 18.2 Å². The average molecular weight is 386 g/mol. The standard InChI is InChI=1S/C17H18N6O3S/c1-26-8-14-21-22-17(27-14)23-7-11(5-15(23)24)16(25)18-6-10-2-3-12-13(4-10)20-9-19-12/h2-4,9,11H,5-8H2,1H3,(H,18,25)(H,19,20). The molecule has 0 spiro atoms. The Morgan fingerprint density at radius 1 is 1.44 bits per heavy atom. The highest BCUT2D eigenvalue weighted by molar-refractivity contribution is 7.15. The molecule has 2 N–H and O–H groups in total. The predicted molar refractivity (Wildman–Crippen MR) is 99.0 cm³/mol. The van der Waals surface area contributed by atoms with Gasteiger partial charge in [-0.2, -0.15) is 0 Å². The first-order valence-electron chi connectivity index (χ1n) is 8.45. The van der Waals surface area contributed by atoms with Gasteiger partial charge in [-0.25, -0.2) is 4.98 Å². The van der Waals surface area contributed by atoms with Gasteiger partial charge in [-0.15, -0.1) is 10.2 Å². The van der Waals surface area contributed by atoms with Gasteiger partial charge < -0.3 is 15.0 Å². The second-order valence-corrected chi connectivity index (χ2v) is 7.33.